The number of esters is 1. The van der Waals surface area contributed by atoms with Crippen LogP contribution in [0.2, 0.25) is 0 Å². The van der Waals surface area contributed by atoms with E-state index in [9.17, 15) is 9.59 Å². The van der Waals surface area contributed by atoms with E-state index in [1.807, 2.05) is 30.5 Å². The molecule has 0 bridgehead atoms. The fourth-order valence-corrected chi connectivity index (χ4v) is 5.08. The molecule has 8 nitrogen and oxygen atoms in total. The molecule has 1 aliphatic heterocycles. The maximum atomic E-state index is 13.4. The Hall–Kier alpha value is -3.23. The summed E-state index contributed by atoms with van der Waals surface area (Å²) in [5.41, 5.74) is 2.86. The molecule has 3 heterocycles. The van der Waals surface area contributed by atoms with E-state index >= 15 is 0 Å². The SMILES string of the molecule is CCn1cc(C(=O)OC[C@@H](C)[C@@H]2COC[C@@H](C)N2)c(=O)c2cc(OC3Cc4ccccc4C3)ncc21. The van der Waals surface area contributed by atoms with E-state index in [2.05, 4.69) is 29.4 Å². The smallest absolute Gasteiger partial charge is 0.343 e. The number of morpholine rings is 1. The summed E-state index contributed by atoms with van der Waals surface area (Å²) in [6.07, 6.45) is 4.79. The van der Waals surface area contributed by atoms with Crippen molar-refractivity contribution in [2.75, 3.05) is 19.8 Å². The molecule has 0 amide bonds. The Morgan fingerprint density at radius 2 is 2.00 bits per heavy atom. The van der Waals surface area contributed by atoms with Crippen LogP contribution in [0.4, 0.5) is 0 Å². The van der Waals surface area contributed by atoms with Crippen molar-refractivity contribution in [1.29, 1.82) is 0 Å². The van der Waals surface area contributed by atoms with E-state index in [4.69, 9.17) is 14.2 Å². The van der Waals surface area contributed by atoms with Crippen LogP contribution in [0.25, 0.3) is 10.9 Å². The predicted molar refractivity (Wildman–Crippen MR) is 137 cm³/mol. The van der Waals surface area contributed by atoms with Crippen LogP contribution in [-0.2, 0) is 28.9 Å². The predicted octanol–water partition coefficient (Wildman–Crippen LogP) is 3.13. The summed E-state index contributed by atoms with van der Waals surface area (Å²) < 4.78 is 19.2. The summed E-state index contributed by atoms with van der Waals surface area (Å²) in [7, 11) is 0. The second kappa shape index (κ2) is 10.4. The molecule has 5 rings (SSSR count). The first-order chi connectivity index (χ1) is 17.4. The second-order valence-electron chi connectivity index (χ2n) is 9.90. The van der Waals surface area contributed by atoms with Gasteiger partial charge in [-0.2, -0.15) is 0 Å². The Balaban J connectivity index is 1.34. The summed E-state index contributed by atoms with van der Waals surface area (Å²) in [5.74, 6) is -0.187. The molecule has 190 valence electrons. The number of carbonyl (C=O) groups excluding carboxylic acids is 1. The third-order valence-corrected chi connectivity index (χ3v) is 7.13. The average molecular weight is 492 g/mol. The lowest BCUT2D eigenvalue weighted by Gasteiger charge is -2.32. The number of rotatable bonds is 7. The van der Waals surface area contributed by atoms with Gasteiger partial charge in [-0.05, 0) is 25.0 Å². The topological polar surface area (TPSA) is 91.7 Å². The molecule has 0 radical (unpaired) electrons. The number of ether oxygens (including phenoxy) is 3. The third kappa shape index (κ3) is 5.01. The molecular formula is C28H33N3O5. The molecule has 2 aromatic heterocycles. The van der Waals surface area contributed by atoms with Gasteiger partial charge < -0.3 is 24.1 Å². The van der Waals surface area contributed by atoms with Gasteiger partial charge in [-0.25, -0.2) is 9.78 Å². The van der Waals surface area contributed by atoms with Gasteiger partial charge in [-0.15, -0.1) is 0 Å². The molecule has 0 saturated carbocycles. The first-order valence-electron chi connectivity index (χ1n) is 12.7. The molecule has 1 aliphatic carbocycles. The van der Waals surface area contributed by atoms with Gasteiger partial charge in [0.15, 0.2) is 0 Å². The van der Waals surface area contributed by atoms with Gasteiger partial charge in [0.2, 0.25) is 11.3 Å². The zero-order valence-electron chi connectivity index (χ0n) is 21.0. The van der Waals surface area contributed by atoms with E-state index < -0.39 is 5.97 Å². The molecule has 2 aliphatic rings. The molecule has 3 atom stereocenters. The minimum absolute atomic E-state index is 0.0168. The fourth-order valence-electron chi connectivity index (χ4n) is 5.08. The van der Waals surface area contributed by atoms with Crippen LogP contribution in [0.3, 0.4) is 0 Å². The molecule has 1 saturated heterocycles. The van der Waals surface area contributed by atoms with Crippen LogP contribution >= 0.6 is 0 Å². The molecule has 1 aromatic carbocycles. The van der Waals surface area contributed by atoms with E-state index in [0.29, 0.717) is 36.5 Å². The summed E-state index contributed by atoms with van der Waals surface area (Å²) in [5, 5.41) is 3.87. The molecule has 36 heavy (non-hydrogen) atoms. The number of carbonyl (C=O) groups is 1. The summed E-state index contributed by atoms with van der Waals surface area (Å²) in [4.78, 5) is 30.8. The maximum Gasteiger partial charge on any atom is 0.343 e. The van der Waals surface area contributed by atoms with Crippen LogP contribution in [0.1, 0.15) is 42.3 Å². The van der Waals surface area contributed by atoms with Crippen LogP contribution in [0.5, 0.6) is 5.88 Å². The molecule has 1 fully saturated rings. The molecule has 0 unspecified atom stereocenters. The number of benzene rings is 1. The quantitative estimate of drug-likeness (QED) is 0.508. The number of nitrogens with zero attached hydrogens (tertiary/aromatic N) is 2. The van der Waals surface area contributed by atoms with Gasteiger partial charge in [0.05, 0.1) is 36.9 Å². The summed E-state index contributed by atoms with van der Waals surface area (Å²) >= 11 is 0. The highest BCUT2D eigenvalue weighted by molar-refractivity contribution is 5.93. The van der Waals surface area contributed by atoms with E-state index in [0.717, 1.165) is 12.8 Å². The molecule has 1 N–H and O–H groups in total. The lowest BCUT2D eigenvalue weighted by molar-refractivity contribution is 0.0118. The van der Waals surface area contributed by atoms with Gasteiger partial charge >= 0.3 is 5.97 Å². The summed E-state index contributed by atoms with van der Waals surface area (Å²) in [6, 6.07) is 10.3. The van der Waals surface area contributed by atoms with Crippen LogP contribution in [0, 0.1) is 5.92 Å². The maximum absolute atomic E-state index is 13.4. The lowest BCUT2D eigenvalue weighted by atomic mass is 10.0. The van der Waals surface area contributed by atoms with Gasteiger partial charge in [-0.3, -0.25) is 4.79 Å². The van der Waals surface area contributed by atoms with Crippen molar-refractivity contribution in [2.45, 2.75) is 58.3 Å². The van der Waals surface area contributed by atoms with Gasteiger partial charge in [-0.1, -0.05) is 31.2 Å². The average Bonchev–Trinajstić information content (AvgIpc) is 3.30. The van der Waals surface area contributed by atoms with E-state index in [1.54, 1.807) is 18.5 Å². The Bertz CT molecular complexity index is 1300. The lowest BCUT2D eigenvalue weighted by Crippen LogP contribution is -2.51. The molecule has 8 heteroatoms. The van der Waals surface area contributed by atoms with Crippen molar-refractivity contribution in [2.24, 2.45) is 5.92 Å². The van der Waals surface area contributed by atoms with Crippen molar-refractivity contribution in [3.63, 3.8) is 0 Å². The van der Waals surface area contributed by atoms with Gasteiger partial charge in [0.25, 0.3) is 0 Å². The Morgan fingerprint density at radius 3 is 2.69 bits per heavy atom. The highest BCUT2D eigenvalue weighted by Crippen LogP contribution is 2.26. The molecular weight excluding hydrogens is 458 g/mol. The number of aryl methyl sites for hydroxylation is 1. The molecule has 0 spiro atoms. The fraction of sp³-hybridized carbons (Fsp3) is 0.464. The Morgan fingerprint density at radius 1 is 1.25 bits per heavy atom. The van der Waals surface area contributed by atoms with E-state index in [1.165, 1.54) is 11.1 Å². The minimum Gasteiger partial charge on any atom is -0.474 e. The van der Waals surface area contributed by atoms with Crippen LogP contribution < -0.4 is 15.5 Å². The van der Waals surface area contributed by atoms with E-state index in [-0.39, 0.29) is 41.7 Å². The number of nitrogens with one attached hydrogen (secondary N) is 1. The van der Waals surface area contributed by atoms with Crippen molar-refractivity contribution in [1.82, 2.24) is 14.9 Å². The van der Waals surface area contributed by atoms with Crippen LogP contribution in [-0.4, -0.2) is 53.5 Å². The third-order valence-electron chi connectivity index (χ3n) is 7.13. The highest BCUT2D eigenvalue weighted by Gasteiger charge is 2.26. The van der Waals surface area contributed by atoms with Crippen molar-refractivity contribution >= 4 is 16.9 Å². The van der Waals surface area contributed by atoms with Crippen LogP contribution in [0.15, 0.2) is 47.5 Å². The summed E-state index contributed by atoms with van der Waals surface area (Å²) in [6.45, 7) is 8.04. The molecule has 3 aromatic rings. The Kier molecular flexibility index (Phi) is 7.07. The van der Waals surface area contributed by atoms with Gasteiger partial charge in [0.1, 0.15) is 11.7 Å². The largest absolute Gasteiger partial charge is 0.474 e. The number of aromatic nitrogens is 2. The zero-order valence-corrected chi connectivity index (χ0v) is 21.0. The number of fused-ring (bicyclic) bond motifs is 2. The standard InChI is InChI=1S/C28H33N3O5/c1-4-31-13-23(28(33)35-14-17(2)24-16-34-15-18(3)30-24)27(32)22-11-26(29-12-25(22)31)36-21-9-19-7-5-6-8-20(19)10-21/h5-8,11-13,17-18,21,24,30H,4,9-10,14-16H2,1-3H3/t17-,18-,24+/m1/s1. The zero-order chi connectivity index (χ0) is 25.2. The first kappa shape index (κ1) is 24.5. The second-order valence-corrected chi connectivity index (χ2v) is 9.90. The van der Waals surface area contributed by atoms with Gasteiger partial charge in [0, 0.05) is 49.7 Å². The van der Waals surface area contributed by atoms with Crippen molar-refractivity contribution in [3.8, 4) is 5.88 Å². The Labute approximate surface area is 210 Å². The van der Waals surface area contributed by atoms with Crippen molar-refractivity contribution in [3.05, 3.63) is 69.6 Å². The minimum atomic E-state index is -0.619. The number of hydrogen-bond donors (Lipinski definition) is 1. The number of hydrogen-bond acceptors (Lipinski definition) is 7. The normalized spacial score (nSPS) is 20.8. The number of pyridine rings is 2. The monoisotopic (exact) mass is 491 g/mol. The van der Waals surface area contributed by atoms with Crippen molar-refractivity contribution < 1.29 is 19.0 Å². The first-order valence-corrected chi connectivity index (χ1v) is 12.7. The highest BCUT2D eigenvalue weighted by atomic mass is 16.5.